The standard InChI is InChI=1S/C9H9FN2O/c10-4-8(13)7-5-12-9-6(7)2-1-3-11-9/h1-3,5,8,13H,4H2,(H,11,12). The van der Waals surface area contributed by atoms with E-state index in [1.807, 2.05) is 0 Å². The number of aliphatic hydroxyl groups excluding tert-OH is 1. The smallest absolute Gasteiger partial charge is 0.137 e. The zero-order chi connectivity index (χ0) is 9.26. The van der Waals surface area contributed by atoms with Crippen LogP contribution in [0.4, 0.5) is 4.39 Å². The van der Waals surface area contributed by atoms with Crippen molar-refractivity contribution in [1.82, 2.24) is 9.97 Å². The number of rotatable bonds is 2. The average molecular weight is 180 g/mol. The van der Waals surface area contributed by atoms with Crippen LogP contribution in [-0.4, -0.2) is 21.7 Å². The Morgan fingerprint density at radius 3 is 3.23 bits per heavy atom. The third-order valence-electron chi connectivity index (χ3n) is 1.99. The summed E-state index contributed by atoms with van der Waals surface area (Å²) in [6, 6.07) is 3.55. The second kappa shape index (κ2) is 3.14. The second-order valence-corrected chi connectivity index (χ2v) is 2.81. The summed E-state index contributed by atoms with van der Waals surface area (Å²) >= 11 is 0. The van der Waals surface area contributed by atoms with Crippen LogP contribution in [-0.2, 0) is 0 Å². The van der Waals surface area contributed by atoms with Gasteiger partial charge in [0, 0.05) is 23.3 Å². The number of hydrogen-bond donors (Lipinski definition) is 2. The van der Waals surface area contributed by atoms with Gasteiger partial charge in [0.1, 0.15) is 18.4 Å². The lowest BCUT2D eigenvalue weighted by Gasteiger charge is -2.02. The molecule has 0 amide bonds. The van der Waals surface area contributed by atoms with Crippen molar-refractivity contribution in [3.8, 4) is 0 Å². The molecule has 0 aliphatic carbocycles. The number of fused-ring (bicyclic) bond motifs is 1. The van der Waals surface area contributed by atoms with Gasteiger partial charge in [-0.25, -0.2) is 9.37 Å². The van der Waals surface area contributed by atoms with Gasteiger partial charge in [-0.15, -0.1) is 0 Å². The van der Waals surface area contributed by atoms with Crippen molar-refractivity contribution in [3.63, 3.8) is 0 Å². The van der Waals surface area contributed by atoms with E-state index < -0.39 is 12.8 Å². The molecule has 2 rings (SSSR count). The maximum Gasteiger partial charge on any atom is 0.137 e. The first kappa shape index (κ1) is 8.19. The molecular weight excluding hydrogens is 171 g/mol. The topological polar surface area (TPSA) is 48.9 Å². The predicted molar refractivity (Wildman–Crippen MR) is 47.0 cm³/mol. The first-order valence-corrected chi connectivity index (χ1v) is 3.99. The third-order valence-corrected chi connectivity index (χ3v) is 1.99. The van der Waals surface area contributed by atoms with Gasteiger partial charge in [-0.05, 0) is 12.1 Å². The minimum Gasteiger partial charge on any atom is -0.386 e. The van der Waals surface area contributed by atoms with Crippen molar-refractivity contribution < 1.29 is 9.50 Å². The normalized spacial score (nSPS) is 13.4. The molecule has 0 radical (unpaired) electrons. The van der Waals surface area contributed by atoms with Gasteiger partial charge in [-0.3, -0.25) is 0 Å². The maximum atomic E-state index is 12.2. The Morgan fingerprint density at radius 2 is 2.46 bits per heavy atom. The fraction of sp³-hybridized carbons (Fsp3) is 0.222. The summed E-state index contributed by atoms with van der Waals surface area (Å²) in [5.74, 6) is 0. The van der Waals surface area contributed by atoms with E-state index in [0.29, 0.717) is 11.2 Å². The highest BCUT2D eigenvalue weighted by atomic mass is 19.1. The van der Waals surface area contributed by atoms with Gasteiger partial charge in [0.2, 0.25) is 0 Å². The Balaban J connectivity index is 2.57. The molecule has 2 N–H and O–H groups in total. The van der Waals surface area contributed by atoms with E-state index in [1.165, 1.54) is 0 Å². The summed E-state index contributed by atoms with van der Waals surface area (Å²) in [7, 11) is 0. The van der Waals surface area contributed by atoms with Gasteiger partial charge in [0.05, 0.1) is 0 Å². The highest BCUT2D eigenvalue weighted by molar-refractivity contribution is 5.79. The molecule has 1 atom stereocenters. The zero-order valence-corrected chi connectivity index (χ0v) is 6.87. The van der Waals surface area contributed by atoms with E-state index >= 15 is 0 Å². The SMILES string of the molecule is OC(CF)c1c[nH]c2ncccc12. The van der Waals surface area contributed by atoms with Gasteiger partial charge in [0.25, 0.3) is 0 Å². The Morgan fingerprint density at radius 1 is 1.62 bits per heavy atom. The Hall–Kier alpha value is -1.42. The largest absolute Gasteiger partial charge is 0.386 e. The molecule has 2 heterocycles. The van der Waals surface area contributed by atoms with Crippen LogP contribution in [0, 0.1) is 0 Å². The number of pyridine rings is 1. The molecule has 0 aliphatic heterocycles. The fourth-order valence-electron chi connectivity index (χ4n) is 1.34. The monoisotopic (exact) mass is 180 g/mol. The van der Waals surface area contributed by atoms with Crippen molar-refractivity contribution in [2.75, 3.05) is 6.67 Å². The Kier molecular flexibility index (Phi) is 1.98. The number of aromatic amines is 1. The molecular formula is C9H9FN2O. The van der Waals surface area contributed by atoms with Crippen LogP contribution in [0.2, 0.25) is 0 Å². The summed E-state index contributed by atoms with van der Waals surface area (Å²) in [5, 5.41) is 10.1. The summed E-state index contributed by atoms with van der Waals surface area (Å²) in [6.45, 7) is -0.776. The molecule has 0 bridgehead atoms. The first-order chi connectivity index (χ1) is 6.33. The minimum absolute atomic E-state index is 0.561. The zero-order valence-electron chi connectivity index (χ0n) is 6.87. The molecule has 2 aromatic heterocycles. The van der Waals surface area contributed by atoms with Crippen LogP contribution in [0.5, 0.6) is 0 Å². The van der Waals surface area contributed by atoms with Gasteiger partial charge >= 0.3 is 0 Å². The third kappa shape index (κ3) is 1.29. The van der Waals surface area contributed by atoms with Crippen LogP contribution in [0.3, 0.4) is 0 Å². The van der Waals surface area contributed by atoms with Gasteiger partial charge in [0.15, 0.2) is 0 Å². The number of alkyl halides is 1. The number of H-pyrrole nitrogens is 1. The molecule has 0 fully saturated rings. The quantitative estimate of drug-likeness (QED) is 0.736. The van der Waals surface area contributed by atoms with Crippen molar-refractivity contribution in [2.45, 2.75) is 6.10 Å². The molecule has 1 unspecified atom stereocenters. The van der Waals surface area contributed by atoms with Crippen LogP contribution in [0.15, 0.2) is 24.5 Å². The number of aliphatic hydroxyl groups is 1. The molecule has 0 saturated carbocycles. The molecule has 3 nitrogen and oxygen atoms in total. The molecule has 2 aromatic rings. The minimum atomic E-state index is -1.06. The number of nitrogens with one attached hydrogen (secondary N) is 1. The van der Waals surface area contributed by atoms with Gasteiger partial charge < -0.3 is 10.1 Å². The summed E-state index contributed by atoms with van der Waals surface area (Å²) in [4.78, 5) is 6.90. The van der Waals surface area contributed by atoms with Crippen molar-refractivity contribution in [2.24, 2.45) is 0 Å². The van der Waals surface area contributed by atoms with Crippen LogP contribution in [0.25, 0.3) is 11.0 Å². The predicted octanol–water partition coefficient (Wildman–Crippen LogP) is 1.57. The van der Waals surface area contributed by atoms with Crippen LogP contribution < -0.4 is 0 Å². The number of nitrogens with zero attached hydrogens (tertiary/aromatic N) is 1. The second-order valence-electron chi connectivity index (χ2n) is 2.81. The molecule has 0 aliphatic rings. The van der Waals surface area contributed by atoms with Crippen LogP contribution >= 0.6 is 0 Å². The van der Waals surface area contributed by atoms with E-state index in [2.05, 4.69) is 9.97 Å². The Bertz CT molecular complexity index is 413. The highest BCUT2D eigenvalue weighted by Gasteiger charge is 2.12. The van der Waals surface area contributed by atoms with Gasteiger partial charge in [-0.2, -0.15) is 0 Å². The fourth-order valence-corrected chi connectivity index (χ4v) is 1.34. The number of aromatic nitrogens is 2. The highest BCUT2D eigenvalue weighted by Crippen LogP contribution is 2.22. The van der Waals surface area contributed by atoms with E-state index in [1.54, 1.807) is 24.5 Å². The van der Waals surface area contributed by atoms with Crippen molar-refractivity contribution in [1.29, 1.82) is 0 Å². The average Bonchev–Trinajstić information content (AvgIpc) is 2.60. The molecule has 13 heavy (non-hydrogen) atoms. The van der Waals surface area contributed by atoms with E-state index in [-0.39, 0.29) is 0 Å². The number of halogens is 1. The Labute approximate surface area is 74.2 Å². The lowest BCUT2D eigenvalue weighted by molar-refractivity contribution is 0.143. The lowest BCUT2D eigenvalue weighted by atomic mass is 10.1. The number of hydrogen-bond acceptors (Lipinski definition) is 2. The molecule has 68 valence electrons. The molecule has 0 spiro atoms. The van der Waals surface area contributed by atoms with Crippen molar-refractivity contribution >= 4 is 11.0 Å². The van der Waals surface area contributed by atoms with Gasteiger partial charge in [-0.1, -0.05) is 0 Å². The van der Waals surface area contributed by atoms with Crippen molar-refractivity contribution in [3.05, 3.63) is 30.1 Å². The summed E-state index contributed by atoms with van der Waals surface area (Å²) in [6.07, 6.45) is 2.17. The molecule has 0 aromatic carbocycles. The summed E-state index contributed by atoms with van der Waals surface area (Å²) in [5.41, 5.74) is 1.23. The van der Waals surface area contributed by atoms with E-state index in [9.17, 15) is 9.50 Å². The lowest BCUT2D eigenvalue weighted by Crippen LogP contribution is -1.97. The maximum absolute atomic E-state index is 12.2. The summed E-state index contributed by atoms with van der Waals surface area (Å²) < 4.78 is 12.2. The van der Waals surface area contributed by atoms with Crippen LogP contribution in [0.1, 0.15) is 11.7 Å². The molecule has 4 heteroatoms. The van der Waals surface area contributed by atoms with E-state index in [4.69, 9.17) is 0 Å². The molecule has 0 saturated heterocycles. The first-order valence-electron chi connectivity index (χ1n) is 3.99. The van der Waals surface area contributed by atoms with E-state index in [0.717, 1.165) is 5.39 Å².